The predicted molar refractivity (Wildman–Crippen MR) is 185 cm³/mol. The average Bonchev–Trinajstić information content (AvgIpc) is 3.11. The maximum Gasteiger partial charge on any atom is 0.132 e. The van der Waals surface area contributed by atoms with Crippen molar-refractivity contribution in [2.24, 2.45) is 10.9 Å². The fourth-order valence-corrected chi connectivity index (χ4v) is 5.72. The SMILES string of the molecule is C=C(/C(=N\c1cccc(-c2ccc3nc(-c4ccccc4)c(-c4ccccc4F)nc3c2)c1)[C@H]1C=CC=CC1F)c1ccccc1. The van der Waals surface area contributed by atoms with Crippen LogP contribution in [-0.4, -0.2) is 21.9 Å². The molecule has 1 heterocycles. The number of benzene rings is 5. The standard InChI is InChI=1S/C41H29F2N3/c1-27(28-13-4-2-5-14-28)39(33-19-8-10-21-35(33)42)44-32-18-12-17-30(25-32)31-23-24-37-38(26-31)46-41(34-20-9-11-22-36(34)43)40(45-37)29-15-6-3-7-16-29/h2-26,33,35H,1H2/b44-39+/t33-,35?/m0/s1. The van der Waals surface area contributed by atoms with E-state index in [1.165, 1.54) is 6.07 Å². The molecule has 222 valence electrons. The molecule has 1 aromatic heterocycles. The molecule has 5 heteroatoms. The van der Waals surface area contributed by atoms with Crippen LogP contribution in [0.5, 0.6) is 0 Å². The number of aliphatic imine (C=N–C) groups is 1. The highest BCUT2D eigenvalue weighted by molar-refractivity contribution is 6.25. The van der Waals surface area contributed by atoms with Crippen molar-refractivity contribution in [1.82, 2.24) is 9.97 Å². The minimum absolute atomic E-state index is 0.359. The summed E-state index contributed by atoms with van der Waals surface area (Å²) < 4.78 is 30.3. The molecule has 0 amide bonds. The topological polar surface area (TPSA) is 38.1 Å². The molecule has 0 saturated heterocycles. The van der Waals surface area contributed by atoms with Gasteiger partial charge in [0.15, 0.2) is 0 Å². The van der Waals surface area contributed by atoms with E-state index in [1.807, 2.05) is 115 Å². The zero-order chi connectivity index (χ0) is 31.5. The van der Waals surface area contributed by atoms with Crippen LogP contribution in [0.1, 0.15) is 5.56 Å². The first-order chi connectivity index (χ1) is 22.5. The van der Waals surface area contributed by atoms with Crippen LogP contribution >= 0.6 is 0 Å². The number of fused-ring (bicyclic) bond motifs is 1. The van der Waals surface area contributed by atoms with Gasteiger partial charge >= 0.3 is 0 Å². The Morgan fingerprint density at radius 1 is 0.630 bits per heavy atom. The smallest absolute Gasteiger partial charge is 0.132 e. The van der Waals surface area contributed by atoms with Crippen molar-refractivity contribution in [3.05, 3.63) is 170 Å². The zero-order valence-electron chi connectivity index (χ0n) is 24.9. The molecule has 1 aliphatic carbocycles. The first-order valence-corrected chi connectivity index (χ1v) is 15.1. The molecule has 1 unspecified atom stereocenters. The van der Waals surface area contributed by atoms with Crippen LogP contribution in [0.3, 0.4) is 0 Å². The molecular weight excluding hydrogens is 572 g/mol. The maximum absolute atomic E-state index is 15.2. The normalized spacial score (nSPS) is 16.1. The van der Waals surface area contributed by atoms with Gasteiger partial charge in [-0.2, -0.15) is 0 Å². The highest BCUT2D eigenvalue weighted by Gasteiger charge is 2.26. The molecule has 0 fully saturated rings. The summed E-state index contributed by atoms with van der Waals surface area (Å²) in [6, 6.07) is 39.7. The van der Waals surface area contributed by atoms with Gasteiger partial charge in [-0.15, -0.1) is 0 Å². The maximum atomic E-state index is 15.2. The van der Waals surface area contributed by atoms with Gasteiger partial charge in [0.05, 0.1) is 34.0 Å². The fourth-order valence-electron chi connectivity index (χ4n) is 5.72. The monoisotopic (exact) mass is 601 g/mol. The summed E-state index contributed by atoms with van der Waals surface area (Å²) >= 11 is 0. The van der Waals surface area contributed by atoms with Crippen molar-refractivity contribution in [1.29, 1.82) is 0 Å². The third-order valence-corrected chi connectivity index (χ3v) is 8.08. The molecule has 6 aromatic rings. The quantitative estimate of drug-likeness (QED) is 0.171. The second-order valence-corrected chi connectivity index (χ2v) is 11.1. The average molecular weight is 602 g/mol. The molecule has 3 nitrogen and oxygen atoms in total. The summed E-state index contributed by atoms with van der Waals surface area (Å²) in [5.74, 6) is -0.922. The van der Waals surface area contributed by atoms with Crippen LogP contribution < -0.4 is 0 Å². The molecule has 46 heavy (non-hydrogen) atoms. The minimum atomic E-state index is -1.21. The summed E-state index contributed by atoms with van der Waals surface area (Å²) in [6.07, 6.45) is 5.73. The Kier molecular flexibility index (Phi) is 7.96. The lowest BCUT2D eigenvalue weighted by atomic mass is 9.87. The first kappa shape index (κ1) is 28.9. The molecule has 1 aliphatic rings. The van der Waals surface area contributed by atoms with Gasteiger partial charge in [0.25, 0.3) is 0 Å². The van der Waals surface area contributed by atoms with E-state index in [0.717, 1.165) is 22.3 Å². The molecule has 5 aromatic carbocycles. The summed E-state index contributed by atoms with van der Waals surface area (Å²) in [5, 5.41) is 0. The van der Waals surface area contributed by atoms with Crippen molar-refractivity contribution < 1.29 is 8.78 Å². The number of allylic oxidation sites excluding steroid dienone is 5. The fraction of sp³-hybridized carbons (Fsp3) is 0.0488. The lowest BCUT2D eigenvalue weighted by Crippen LogP contribution is -2.24. The van der Waals surface area contributed by atoms with E-state index in [9.17, 15) is 0 Å². The lowest BCUT2D eigenvalue weighted by molar-refractivity contribution is 0.366. The number of hydrogen-bond donors (Lipinski definition) is 0. The Hall–Kier alpha value is -5.81. The summed E-state index contributed by atoms with van der Waals surface area (Å²) in [7, 11) is 0. The number of halogens is 2. The molecule has 0 N–H and O–H groups in total. The van der Waals surface area contributed by atoms with Crippen LogP contribution in [0.4, 0.5) is 14.5 Å². The Labute approximate surface area is 266 Å². The van der Waals surface area contributed by atoms with E-state index in [2.05, 4.69) is 6.58 Å². The van der Waals surface area contributed by atoms with Gasteiger partial charge in [0.2, 0.25) is 0 Å². The number of rotatable bonds is 7. The van der Waals surface area contributed by atoms with Crippen LogP contribution in [0.2, 0.25) is 0 Å². The highest BCUT2D eigenvalue weighted by atomic mass is 19.1. The van der Waals surface area contributed by atoms with Crippen LogP contribution in [0.15, 0.2) is 163 Å². The molecule has 0 aliphatic heterocycles. The number of nitrogens with zero attached hydrogens (tertiary/aromatic N) is 3. The summed E-state index contributed by atoms with van der Waals surface area (Å²) in [5.41, 5.74) is 8.31. The van der Waals surface area contributed by atoms with Crippen molar-refractivity contribution >= 4 is 28.0 Å². The van der Waals surface area contributed by atoms with Gasteiger partial charge in [-0.3, -0.25) is 4.99 Å². The molecule has 0 radical (unpaired) electrons. The van der Waals surface area contributed by atoms with Gasteiger partial charge in [-0.1, -0.05) is 116 Å². The van der Waals surface area contributed by atoms with E-state index < -0.39 is 12.1 Å². The molecule has 0 bridgehead atoms. The lowest BCUT2D eigenvalue weighted by Gasteiger charge is -2.22. The van der Waals surface area contributed by atoms with Crippen LogP contribution in [0, 0.1) is 11.7 Å². The van der Waals surface area contributed by atoms with Crippen molar-refractivity contribution in [3.63, 3.8) is 0 Å². The Balaban J connectivity index is 1.32. The zero-order valence-corrected chi connectivity index (χ0v) is 24.9. The molecule has 0 spiro atoms. The van der Waals surface area contributed by atoms with Crippen molar-refractivity contribution in [2.45, 2.75) is 6.17 Å². The van der Waals surface area contributed by atoms with E-state index in [4.69, 9.17) is 15.0 Å². The predicted octanol–water partition coefficient (Wildman–Crippen LogP) is 10.6. The molecule has 2 atom stereocenters. The van der Waals surface area contributed by atoms with E-state index in [-0.39, 0.29) is 5.82 Å². The minimum Gasteiger partial charge on any atom is -0.252 e. The third kappa shape index (κ3) is 5.83. The van der Waals surface area contributed by atoms with E-state index >= 15 is 8.78 Å². The molecule has 7 rings (SSSR count). The Morgan fingerprint density at radius 3 is 2.09 bits per heavy atom. The Morgan fingerprint density at radius 2 is 1.30 bits per heavy atom. The van der Waals surface area contributed by atoms with E-state index in [0.29, 0.717) is 45.0 Å². The number of hydrogen-bond acceptors (Lipinski definition) is 3. The van der Waals surface area contributed by atoms with Crippen LogP contribution in [0.25, 0.3) is 50.2 Å². The second-order valence-electron chi connectivity index (χ2n) is 11.1. The highest BCUT2D eigenvalue weighted by Crippen LogP contribution is 2.35. The number of aromatic nitrogens is 2. The van der Waals surface area contributed by atoms with E-state index in [1.54, 1.807) is 30.4 Å². The summed E-state index contributed by atoms with van der Waals surface area (Å²) in [4.78, 5) is 14.9. The van der Waals surface area contributed by atoms with Gasteiger partial charge < -0.3 is 0 Å². The summed E-state index contributed by atoms with van der Waals surface area (Å²) in [6.45, 7) is 4.32. The van der Waals surface area contributed by atoms with Gasteiger partial charge in [-0.05, 0) is 64.7 Å². The van der Waals surface area contributed by atoms with Gasteiger partial charge in [0, 0.05) is 11.1 Å². The largest absolute Gasteiger partial charge is 0.252 e. The molecule has 0 saturated carbocycles. The van der Waals surface area contributed by atoms with Crippen LogP contribution in [-0.2, 0) is 0 Å². The first-order valence-electron chi connectivity index (χ1n) is 15.1. The van der Waals surface area contributed by atoms with Crippen molar-refractivity contribution in [2.75, 3.05) is 0 Å². The molecular formula is C41H29F2N3. The Bertz CT molecular complexity index is 2150. The third-order valence-electron chi connectivity index (χ3n) is 8.08. The second kappa shape index (κ2) is 12.7. The van der Waals surface area contributed by atoms with Crippen molar-refractivity contribution in [3.8, 4) is 33.6 Å². The van der Waals surface area contributed by atoms with Gasteiger partial charge in [-0.25, -0.2) is 18.7 Å². The number of alkyl halides is 1. The van der Waals surface area contributed by atoms with Gasteiger partial charge in [0.1, 0.15) is 17.7 Å².